The fraction of sp³-hybridized carbons (Fsp3) is 0. The van der Waals surface area contributed by atoms with Crippen LogP contribution >= 0.6 is 0 Å². The summed E-state index contributed by atoms with van der Waals surface area (Å²) >= 11 is 0. The zero-order valence-electron chi connectivity index (χ0n) is 17.5. The molecular formula is C28H18N4Pt. The molecule has 7 aromatic rings. The molecule has 0 spiro atoms. The van der Waals surface area contributed by atoms with Crippen molar-refractivity contribution >= 4 is 38.5 Å². The van der Waals surface area contributed by atoms with E-state index < -0.39 is 0 Å². The van der Waals surface area contributed by atoms with Gasteiger partial charge in [0.2, 0.25) is 5.78 Å². The third kappa shape index (κ3) is 3.73. The summed E-state index contributed by atoms with van der Waals surface area (Å²) in [7, 11) is 0. The summed E-state index contributed by atoms with van der Waals surface area (Å²) in [5.41, 5.74) is 4.34. The minimum atomic E-state index is 0. The number of benzene rings is 4. The minimum absolute atomic E-state index is 0. The molecular weight excluding hydrogens is 587 g/mol. The number of pyridine rings is 1. The summed E-state index contributed by atoms with van der Waals surface area (Å²) in [5, 5.41) is 3.46. The molecule has 5 heteroatoms. The molecule has 7 rings (SSSR count). The number of rotatable bonds is 1. The van der Waals surface area contributed by atoms with Crippen molar-refractivity contribution in [3.63, 3.8) is 0 Å². The Hall–Kier alpha value is -3.75. The van der Waals surface area contributed by atoms with Crippen LogP contribution in [0.25, 0.3) is 44.2 Å². The standard InChI is InChI=1S/C15H10N3.C13H8N.Pt/c1-2-6-12(7-3-1)18-14-9-5-4-8-13(14)17-11-10-16-15(17)18;1-2-6-12-10(4-1)7-8-11-5-3-9-14-13(11)12;/h1-6,8-11H;1-5,7-9H;/q2*-1;+2. The van der Waals surface area contributed by atoms with E-state index in [4.69, 9.17) is 0 Å². The van der Waals surface area contributed by atoms with Gasteiger partial charge in [0, 0.05) is 18.6 Å². The zero-order chi connectivity index (χ0) is 21.3. The van der Waals surface area contributed by atoms with Crippen LogP contribution in [-0.2, 0) is 21.1 Å². The summed E-state index contributed by atoms with van der Waals surface area (Å²) in [6.07, 6.45) is 5.63. The van der Waals surface area contributed by atoms with E-state index in [0.29, 0.717) is 0 Å². The number of hydrogen-bond acceptors (Lipinski definition) is 2. The predicted octanol–water partition coefficient (Wildman–Crippen LogP) is 6.26. The van der Waals surface area contributed by atoms with Crippen molar-refractivity contribution in [1.29, 1.82) is 0 Å². The minimum Gasteiger partial charge on any atom is -0.304 e. The molecule has 0 bridgehead atoms. The molecule has 0 radical (unpaired) electrons. The second kappa shape index (κ2) is 9.01. The van der Waals surface area contributed by atoms with Gasteiger partial charge in [0.15, 0.2) is 0 Å². The van der Waals surface area contributed by atoms with Crippen LogP contribution in [0.1, 0.15) is 0 Å². The van der Waals surface area contributed by atoms with Crippen molar-refractivity contribution in [2.75, 3.05) is 0 Å². The smallest absolute Gasteiger partial charge is 0.304 e. The van der Waals surface area contributed by atoms with Gasteiger partial charge in [0.1, 0.15) is 0 Å². The summed E-state index contributed by atoms with van der Waals surface area (Å²) in [5.74, 6) is 0.915. The van der Waals surface area contributed by atoms with Gasteiger partial charge in [0.25, 0.3) is 0 Å². The van der Waals surface area contributed by atoms with Gasteiger partial charge in [-0.15, -0.1) is 41.1 Å². The van der Waals surface area contributed by atoms with Crippen molar-refractivity contribution in [3.05, 3.63) is 122 Å². The molecule has 0 aliphatic rings. The Morgan fingerprint density at radius 1 is 0.636 bits per heavy atom. The second-order valence-corrected chi connectivity index (χ2v) is 7.44. The van der Waals surface area contributed by atoms with Crippen LogP contribution < -0.4 is 0 Å². The van der Waals surface area contributed by atoms with Crippen LogP contribution in [0.2, 0.25) is 0 Å². The first-order chi connectivity index (χ1) is 15.9. The molecule has 33 heavy (non-hydrogen) atoms. The summed E-state index contributed by atoms with van der Waals surface area (Å²) in [6.45, 7) is 0. The molecule has 0 saturated carbocycles. The van der Waals surface area contributed by atoms with Crippen molar-refractivity contribution < 1.29 is 21.1 Å². The number of nitrogens with zero attached hydrogens (tertiary/aromatic N) is 4. The molecule has 0 aliphatic carbocycles. The van der Waals surface area contributed by atoms with Crippen molar-refractivity contribution in [1.82, 2.24) is 18.9 Å². The van der Waals surface area contributed by atoms with Gasteiger partial charge in [-0.1, -0.05) is 36.0 Å². The molecule has 0 saturated heterocycles. The number of aromatic nitrogens is 4. The van der Waals surface area contributed by atoms with E-state index in [2.05, 4.69) is 67.5 Å². The van der Waals surface area contributed by atoms with E-state index in [1.54, 1.807) is 0 Å². The molecule has 3 heterocycles. The number of hydrogen-bond donors (Lipinski definition) is 0. The van der Waals surface area contributed by atoms with Gasteiger partial charge in [-0.2, -0.15) is 24.3 Å². The van der Waals surface area contributed by atoms with Crippen LogP contribution in [0.5, 0.6) is 0 Å². The average molecular weight is 606 g/mol. The second-order valence-electron chi connectivity index (χ2n) is 7.44. The van der Waals surface area contributed by atoms with Crippen molar-refractivity contribution in [3.8, 4) is 5.69 Å². The first-order valence-electron chi connectivity index (χ1n) is 10.4. The van der Waals surface area contributed by atoms with Crippen molar-refractivity contribution in [2.45, 2.75) is 0 Å². The molecule has 160 valence electrons. The monoisotopic (exact) mass is 605 g/mol. The molecule has 0 fully saturated rings. The van der Waals surface area contributed by atoms with Crippen LogP contribution in [-0.4, -0.2) is 18.9 Å². The first-order valence-corrected chi connectivity index (χ1v) is 10.4. The first kappa shape index (κ1) is 21.1. The van der Waals surface area contributed by atoms with Gasteiger partial charge in [-0.25, -0.2) is 4.98 Å². The number of fused-ring (bicyclic) bond motifs is 6. The van der Waals surface area contributed by atoms with Crippen LogP contribution in [0.3, 0.4) is 0 Å². The van der Waals surface area contributed by atoms with Crippen molar-refractivity contribution in [2.24, 2.45) is 0 Å². The van der Waals surface area contributed by atoms with Crippen LogP contribution in [0.4, 0.5) is 0 Å². The maximum Gasteiger partial charge on any atom is 2.00 e. The molecule has 3 aromatic heterocycles. The third-order valence-corrected chi connectivity index (χ3v) is 5.54. The molecule has 0 aliphatic heterocycles. The van der Waals surface area contributed by atoms with E-state index in [9.17, 15) is 0 Å². The molecule has 0 atom stereocenters. The Bertz CT molecular complexity index is 1630. The van der Waals surface area contributed by atoms with E-state index in [1.807, 2.05) is 73.2 Å². The molecule has 4 nitrogen and oxygen atoms in total. The van der Waals surface area contributed by atoms with E-state index >= 15 is 0 Å². The fourth-order valence-corrected chi connectivity index (χ4v) is 4.11. The van der Waals surface area contributed by atoms with Crippen LogP contribution in [0, 0.1) is 12.1 Å². The molecule has 0 N–H and O–H groups in total. The van der Waals surface area contributed by atoms with Gasteiger partial charge in [0.05, 0.1) is 11.0 Å². The molecule has 0 amide bonds. The Morgan fingerprint density at radius 2 is 1.42 bits per heavy atom. The fourth-order valence-electron chi connectivity index (χ4n) is 4.11. The number of imidazole rings is 2. The van der Waals surface area contributed by atoms with E-state index in [-0.39, 0.29) is 21.1 Å². The Kier molecular flexibility index (Phi) is 5.76. The SMILES string of the molecule is [Pt+2].[c-]1cccc2ccc3cccnc3c12.[c-]1ccccc1-n1c2ccccc2n2ccnc12. The topological polar surface area (TPSA) is 35.1 Å². The van der Waals surface area contributed by atoms with Crippen LogP contribution in [0.15, 0.2) is 110 Å². The average Bonchev–Trinajstić information content (AvgIpc) is 3.46. The summed E-state index contributed by atoms with van der Waals surface area (Å²) in [6, 6.07) is 37.0. The maximum atomic E-state index is 4.44. The predicted molar refractivity (Wildman–Crippen MR) is 129 cm³/mol. The summed E-state index contributed by atoms with van der Waals surface area (Å²) < 4.78 is 4.21. The Morgan fingerprint density at radius 3 is 2.30 bits per heavy atom. The largest absolute Gasteiger partial charge is 2.00 e. The normalized spacial score (nSPS) is 10.8. The third-order valence-electron chi connectivity index (χ3n) is 5.54. The quantitative estimate of drug-likeness (QED) is 0.164. The van der Waals surface area contributed by atoms with Gasteiger partial charge in [-0.3, -0.25) is 4.40 Å². The van der Waals surface area contributed by atoms with Gasteiger partial charge >= 0.3 is 21.1 Å². The van der Waals surface area contributed by atoms with E-state index in [1.165, 1.54) is 10.8 Å². The summed E-state index contributed by atoms with van der Waals surface area (Å²) in [4.78, 5) is 8.82. The van der Waals surface area contributed by atoms with Gasteiger partial charge < -0.3 is 9.55 Å². The molecule has 0 unspecified atom stereocenters. The Balaban J connectivity index is 0.000000138. The Labute approximate surface area is 205 Å². The maximum absolute atomic E-state index is 4.44. The number of para-hydroxylation sites is 3. The van der Waals surface area contributed by atoms with E-state index in [0.717, 1.165) is 33.4 Å². The van der Waals surface area contributed by atoms with Gasteiger partial charge in [-0.05, 0) is 29.1 Å². The molecule has 4 aromatic carbocycles. The zero-order valence-corrected chi connectivity index (χ0v) is 19.8.